The molecular formula is C13H18N2O3S. The third kappa shape index (κ3) is 3.64. The fourth-order valence-electron chi connectivity index (χ4n) is 1.86. The Hall–Kier alpha value is -1.69. The summed E-state index contributed by atoms with van der Waals surface area (Å²) in [6.07, 6.45) is 1.68. The zero-order valence-electron chi connectivity index (χ0n) is 11.0. The van der Waals surface area contributed by atoms with Gasteiger partial charge in [-0.05, 0) is 26.0 Å². The summed E-state index contributed by atoms with van der Waals surface area (Å²) in [4.78, 5) is 0. The monoisotopic (exact) mass is 282 g/mol. The molecule has 0 saturated carbocycles. The number of sulfone groups is 1. The molecule has 6 heteroatoms. The van der Waals surface area contributed by atoms with Gasteiger partial charge >= 0.3 is 0 Å². The molecule has 1 aromatic carbocycles. The molecule has 0 fully saturated rings. The predicted octanol–water partition coefficient (Wildman–Crippen LogP) is 1.78. The van der Waals surface area contributed by atoms with Crippen molar-refractivity contribution in [3.8, 4) is 5.75 Å². The Morgan fingerprint density at radius 1 is 1.42 bits per heavy atom. The van der Waals surface area contributed by atoms with Crippen molar-refractivity contribution in [1.82, 2.24) is 0 Å². The van der Waals surface area contributed by atoms with Crippen LogP contribution in [0.4, 0.5) is 11.4 Å². The summed E-state index contributed by atoms with van der Waals surface area (Å²) < 4.78 is 28.2. The van der Waals surface area contributed by atoms with Gasteiger partial charge < -0.3 is 15.8 Å². The van der Waals surface area contributed by atoms with E-state index in [0.29, 0.717) is 11.4 Å². The van der Waals surface area contributed by atoms with Crippen LogP contribution in [0.2, 0.25) is 0 Å². The van der Waals surface area contributed by atoms with Gasteiger partial charge in [0.2, 0.25) is 0 Å². The van der Waals surface area contributed by atoms with Crippen LogP contribution in [0, 0.1) is 0 Å². The van der Waals surface area contributed by atoms with Crippen LogP contribution >= 0.6 is 0 Å². The summed E-state index contributed by atoms with van der Waals surface area (Å²) in [5.74, 6) is 0.683. The van der Waals surface area contributed by atoms with Gasteiger partial charge in [-0.3, -0.25) is 0 Å². The van der Waals surface area contributed by atoms with Gasteiger partial charge in [-0.2, -0.15) is 0 Å². The molecule has 1 aromatic rings. The van der Waals surface area contributed by atoms with Gasteiger partial charge in [-0.15, -0.1) is 0 Å². The predicted molar refractivity (Wildman–Crippen MR) is 77.0 cm³/mol. The van der Waals surface area contributed by atoms with E-state index in [0.717, 1.165) is 5.69 Å². The summed E-state index contributed by atoms with van der Waals surface area (Å²) in [5.41, 5.74) is 7.18. The number of hydrogen-bond acceptors (Lipinski definition) is 5. The maximum absolute atomic E-state index is 11.3. The average Bonchev–Trinajstić information content (AvgIpc) is 2.62. The zero-order chi connectivity index (χ0) is 14.0. The molecule has 1 heterocycles. The van der Waals surface area contributed by atoms with E-state index in [1.54, 1.807) is 24.3 Å². The quantitative estimate of drug-likeness (QED) is 0.823. The van der Waals surface area contributed by atoms with Crippen molar-refractivity contribution < 1.29 is 13.2 Å². The Morgan fingerprint density at radius 3 is 2.74 bits per heavy atom. The van der Waals surface area contributed by atoms with E-state index >= 15 is 0 Å². The Balaban J connectivity index is 2.12. The molecule has 0 aromatic heterocycles. The minimum absolute atomic E-state index is 0.0318. The van der Waals surface area contributed by atoms with Crippen LogP contribution in [0.5, 0.6) is 5.75 Å². The van der Waals surface area contributed by atoms with Crippen LogP contribution in [-0.2, 0) is 9.84 Å². The van der Waals surface area contributed by atoms with Crippen LogP contribution < -0.4 is 15.8 Å². The molecule has 19 heavy (non-hydrogen) atoms. The molecule has 0 radical (unpaired) electrons. The topological polar surface area (TPSA) is 81.4 Å². The SMILES string of the molecule is CC(C)Oc1cc(NC2C=CS(=O)(=O)C2)ccc1N. The first kappa shape index (κ1) is 13.7. The minimum Gasteiger partial charge on any atom is -0.489 e. The highest BCUT2D eigenvalue weighted by Crippen LogP contribution is 2.27. The van der Waals surface area contributed by atoms with Crippen molar-refractivity contribution in [2.24, 2.45) is 0 Å². The fourth-order valence-corrected chi connectivity index (χ4v) is 3.10. The maximum Gasteiger partial charge on any atom is 0.173 e. The van der Waals surface area contributed by atoms with Gasteiger partial charge in [-0.1, -0.05) is 6.08 Å². The van der Waals surface area contributed by atoms with Crippen molar-refractivity contribution in [1.29, 1.82) is 0 Å². The summed E-state index contributed by atoms with van der Waals surface area (Å²) in [6.45, 7) is 3.84. The fraction of sp³-hybridized carbons (Fsp3) is 0.385. The number of ether oxygens (including phenoxy) is 1. The Kier molecular flexibility index (Phi) is 3.71. The van der Waals surface area contributed by atoms with Crippen LogP contribution in [0.3, 0.4) is 0 Å². The van der Waals surface area contributed by atoms with Gasteiger partial charge in [0.05, 0.1) is 23.6 Å². The molecule has 0 amide bonds. The van der Waals surface area contributed by atoms with Gasteiger partial charge in [0, 0.05) is 17.2 Å². The molecule has 1 aliphatic rings. The second-order valence-electron chi connectivity index (χ2n) is 4.83. The molecule has 3 N–H and O–H groups in total. The van der Waals surface area contributed by atoms with Crippen molar-refractivity contribution in [2.45, 2.75) is 26.0 Å². The molecule has 5 nitrogen and oxygen atoms in total. The van der Waals surface area contributed by atoms with Crippen molar-refractivity contribution in [2.75, 3.05) is 16.8 Å². The first-order valence-electron chi connectivity index (χ1n) is 6.09. The lowest BCUT2D eigenvalue weighted by Gasteiger charge is -2.16. The highest BCUT2D eigenvalue weighted by atomic mass is 32.2. The van der Waals surface area contributed by atoms with E-state index < -0.39 is 9.84 Å². The highest BCUT2D eigenvalue weighted by molar-refractivity contribution is 7.94. The molecule has 0 spiro atoms. The van der Waals surface area contributed by atoms with E-state index in [4.69, 9.17) is 10.5 Å². The largest absolute Gasteiger partial charge is 0.489 e. The Bertz CT molecular complexity index is 594. The first-order valence-corrected chi connectivity index (χ1v) is 7.81. The van der Waals surface area contributed by atoms with Crippen LogP contribution in [0.15, 0.2) is 29.7 Å². The molecule has 0 bridgehead atoms. The standard InChI is InChI=1S/C13H18N2O3S/c1-9(2)18-13-7-10(3-4-12(13)14)15-11-5-6-19(16,17)8-11/h3-7,9,11,15H,8,14H2,1-2H3. The molecule has 104 valence electrons. The van der Waals surface area contributed by atoms with Gasteiger partial charge in [-0.25, -0.2) is 8.42 Å². The Labute approximate surface area is 113 Å². The molecule has 1 atom stereocenters. The first-order chi connectivity index (χ1) is 8.85. The lowest BCUT2D eigenvalue weighted by molar-refractivity contribution is 0.244. The number of benzene rings is 1. The normalized spacial score (nSPS) is 20.7. The second kappa shape index (κ2) is 5.13. The van der Waals surface area contributed by atoms with E-state index in [2.05, 4.69) is 5.32 Å². The summed E-state index contributed by atoms with van der Waals surface area (Å²) >= 11 is 0. The number of hydrogen-bond donors (Lipinski definition) is 2. The second-order valence-corrected chi connectivity index (χ2v) is 6.76. The average molecular weight is 282 g/mol. The zero-order valence-corrected chi connectivity index (χ0v) is 11.8. The number of rotatable bonds is 4. The van der Waals surface area contributed by atoms with Crippen molar-refractivity contribution in [3.05, 3.63) is 29.7 Å². The van der Waals surface area contributed by atoms with Crippen molar-refractivity contribution in [3.63, 3.8) is 0 Å². The molecule has 0 saturated heterocycles. The van der Waals surface area contributed by atoms with E-state index in [1.165, 1.54) is 5.41 Å². The van der Waals surface area contributed by atoms with Gasteiger partial charge in [0.25, 0.3) is 0 Å². The van der Waals surface area contributed by atoms with Gasteiger partial charge in [0.1, 0.15) is 5.75 Å². The molecule has 2 rings (SSSR count). The third-order valence-electron chi connectivity index (χ3n) is 2.66. The molecule has 1 aliphatic heterocycles. The lowest BCUT2D eigenvalue weighted by Crippen LogP contribution is -2.21. The lowest BCUT2D eigenvalue weighted by atomic mass is 10.2. The van der Waals surface area contributed by atoms with Crippen LogP contribution in [-0.4, -0.2) is 26.3 Å². The number of nitrogens with one attached hydrogen (secondary N) is 1. The smallest absolute Gasteiger partial charge is 0.173 e. The molecular weight excluding hydrogens is 264 g/mol. The Morgan fingerprint density at radius 2 is 2.16 bits per heavy atom. The summed E-state index contributed by atoms with van der Waals surface area (Å²) in [5, 5.41) is 4.38. The minimum atomic E-state index is -3.05. The highest BCUT2D eigenvalue weighted by Gasteiger charge is 2.21. The summed E-state index contributed by atoms with van der Waals surface area (Å²) in [6, 6.07) is 5.13. The van der Waals surface area contributed by atoms with Crippen LogP contribution in [0.1, 0.15) is 13.8 Å². The van der Waals surface area contributed by atoms with Crippen LogP contribution in [0.25, 0.3) is 0 Å². The van der Waals surface area contributed by atoms with E-state index in [-0.39, 0.29) is 17.9 Å². The van der Waals surface area contributed by atoms with E-state index in [9.17, 15) is 8.42 Å². The number of nitrogen functional groups attached to an aromatic ring is 1. The molecule has 0 aliphatic carbocycles. The van der Waals surface area contributed by atoms with E-state index in [1.807, 2.05) is 13.8 Å². The number of nitrogens with two attached hydrogens (primary N) is 1. The number of anilines is 2. The van der Waals surface area contributed by atoms with Crippen molar-refractivity contribution >= 4 is 21.2 Å². The maximum atomic E-state index is 11.3. The third-order valence-corrected chi connectivity index (χ3v) is 4.05. The summed E-state index contributed by atoms with van der Waals surface area (Å²) in [7, 11) is -3.05. The van der Waals surface area contributed by atoms with Gasteiger partial charge in [0.15, 0.2) is 9.84 Å². The molecule has 1 unspecified atom stereocenters.